The van der Waals surface area contributed by atoms with Crippen LogP contribution in [0, 0.1) is 10.1 Å². The molecule has 0 bridgehead atoms. The number of fused-ring (bicyclic) bond motifs is 3. The topological polar surface area (TPSA) is 51.0 Å². The van der Waals surface area contributed by atoms with Crippen LogP contribution in [0.2, 0.25) is 0 Å². The van der Waals surface area contributed by atoms with Crippen molar-refractivity contribution in [3.05, 3.63) is 58.9 Å². The lowest BCUT2D eigenvalue weighted by molar-refractivity contribution is -0.462. The maximum Gasteiger partial charge on any atom is 0.293 e. The lowest BCUT2D eigenvalue weighted by atomic mass is 10.1. The first-order valence-electron chi connectivity index (χ1n) is 4.90. The van der Waals surface area contributed by atoms with Gasteiger partial charge in [-0.3, -0.25) is 0 Å². The third-order valence-corrected chi connectivity index (χ3v) is 2.65. The number of nitrogens with zero attached hydrogens (tertiary/aromatic N) is 2. The number of benzene rings is 1. The summed E-state index contributed by atoms with van der Waals surface area (Å²) in [6.45, 7) is 0. The zero-order chi connectivity index (χ0) is 11.1. The predicted octanol–water partition coefficient (Wildman–Crippen LogP) is 2.05. The van der Waals surface area contributed by atoms with Gasteiger partial charge < -0.3 is 9.94 Å². The summed E-state index contributed by atoms with van der Waals surface area (Å²) < 4.78 is 1.46. The molecule has 0 saturated carbocycles. The van der Waals surface area contributed by atoms with Crippen LogP contribution in [0.4, 0.5) is 0 Å². The van der Waals surface area contributed by atoms with Crippen LogP contribution in [0.1, 0.15) is 0 Å². The minimum atomic E-state index is 0.413. The molecular weight excluding hydrogens is 204 g/mol. The highest BCUT2D eigenvalue weighted by atomic mass is 16.5. The third kappa shape index (κ3) is 1.10. The lowest BCUT2D eigenvalue weighted by Crippen LogP contribution is -2.14. The molecule has 0 spiro atoms. The Labute approximate surface area is 90.5 Å². The van der Waals surface area contributed by atoms with Gasteiger partial charge in [-0.2, -0.15) is 0 Å². The molecule has 1 aromatic carbocycles. The first kappa shape index (κ1) is 8.91. The van der Waals surface area contributed by atoms with Crippen molar-refractivity contribution in [2.75, 3.05) is 0 Å². The highest BCUT2D eigenvalue weighted by molar-refractivity contribution is 6.01. The highest BCUT2D eigenvalue weighted by Crippen LogP contribution is 2.21. The van der Waals surface area contributed by atoms with Crippen LogP contribution >= 0.6 is 0 Å². The number of rotatable bonds is 0. The molecule has 4 heteroatoms. The van der Waals surface area contributed by atoms with Gasteiger partial charge in [0, 0.05) is 16.4 Å². The van der Waals surface area contributed by atoms with E-state index in [9.17, 15) is 10.1 Å². The van der Waals surface area contributed by atoms with Crippen LogP contribution in [0.3, 0.4) is 0 Å². The Hall–Kier alpha value is -2.36. The van der Waals surface area contributed by atoms with Gasteiger partial charge >= 0.3 is 0 Å². The second kappa shape index (κ2) is 3.06. The summed E-state index contributed by atoms with van der Waals surface area (Å²) in [6.07, 6.45) is 2.80. The van der Waals surface area contributed by atoms with Gasteiger partial charge in [-0.1, -0.05) is 12.1 Å². The van der Waals surface area contributed by atoms with E-state index in [0.29, 0.717) is 11.0 Å². The van der Waals surface area contributed by atoms with E-state index in [4.69, 9.17) is 0 Å². The van der Waals surface area contributed by atoms with Crippen molar-refractivity contribution in [2.45, 2.75) is 0 Å². The second-order valence-electron chi connectivity index (χ2n) is 3.61. The van der Waals surface area contributed by atoms with Gasteiger partial charge in [-0.15, -0.1) is 0 Å². The number of hydrogen-bond donors (Lipinski definition) is 0. The van der Waals surface area contributed by atoms with E-state index in [1.165, 1.54) is 12.4 Å². The van der Waals surface area contributed by atoms with Crippen molar-refractivity contribution in [1.82, 2.24) is 4.73 Å². The molecule has 0 saturated heterocycles. The van der Waals surface area contributed by atoms with E-state index < -0.39 is 0 Å². The maximum atomic E-state index is 11.7. The molecule has 2 heterocycles. The third-order valence-electron chi connectivity index (χ3n) is 2.65. The van der Waals surface area contributed by atoms with Gasteiger partial charge in [0.15, 0.2) is 0 Å². The van der Waals surface area contributed by atoms with Crippen molar-refractivity contribution in [1.29, 1.82) is 0 Å². The molecular formula is C12H8N2O2. The number of aromatic nitrogens is 2. The molecule has 0 aliphatic carbocycles. The fraction of sp³-hybridized carbons (Fsp3) is 0. The Morgan fingerprint density at radius 3 is 2.69 bits per heavy atom. The first-order valence-corrected chi connectivity index (χ1v) is 4.90. The van der Waals surface area contributed by atoms with Crippen LogP contribution in [0.15, 0.2) is 48.8 Å². The molecule has 16 heavy (non-hydrogen) atoms. The molecule has 0 unspecified atom stereocenters. The fourth-order valence-electron chi connectivity index (χ4n) is 1.94. The molecule has 0 amide bonds. The lowest BCUT2D eigenvalue weighted by Gasteiger charge is -2.12. The van der Waals surface area contributed by atoms with Crippen molar-refractivity contribution in [3.8, 4) is 0 Å². The van der Waals surface area contributed by atoms with Gasteiger partial charge in [-0.25, -0.2) is 0 Å². The van der Waals surface area contributed by atoms with E-state index in [1.807, 2.05) is 24.3 Å². The Kier molecular flexibility index (Phi) is 1.71. The van der Waals surface area contributed by atoms with Gasteiger partial charge in [-0.05, 0) is 24.4 Å². The van der Waals surface area contributed by atoms with Gasteiger partial charge in [0.1, 0.15) is 5.52 Å². The van der Waals surface area contributed by atoms with Crippen molar-refractivity contribution >= 4 is 21.8 Å². The largest absolute Gasteiger partial charge is 0.805 e. The minimum absolute atomic E-state index is 0.413. The summed E-state index contributed by atoms with van der Waals surface area (Å²) >= 11 is 0. The maximum absolute atomic E-state index is 11.7. The Bertz CT molecular complexity index is 747. The van der Waals surface area contributed by atoms with Gasteiger partial charge in [0.2, 0.25) is 6.20 Å². The van der Waals surface area contributed by atoms with Crippen LogP contribution < -0.4 is 4.43 Å². The molecule has 78 valence electrons. The minimum Gasteiger partial charge on any atom is -0.805 e. The van der Waals surface area contributed by atoms with Gasteiger partial charge in [0.05, 0.1) is 9.81 Å². The summed E-state index contributed by atoms with van der Waals surface area (Å²) in [4.78, 5) is 11.7. The monoisotopic (exact) mass is 212 g/mol. The Morgan fingerprint density at radius 2 is 1.81 bits per heavy atom. The van der Waals surface area contributed by atoms with E-state index in [-0.39, 0.29) is 0 Å². The fourth-order valence-corrected chi connectivity index (χ4v) is 1.94. The average Bonchev–Trinajstić information content (AvgIpc) is 2.29. The first-order chi connectivity index (χ1) is 7.77. The average molecular weight is 212 g/mol. The number of hydrogen-bond acceptors (Lipinski definition) is 2. The quantitative estimate of drug-likeness (QED) is 0.423. The molecule has 0 aliphatic heterocycles. The Balaban J connectivity index is 2.73. The highest BCUT2D eigenvalue weighted by Gasteiger charge is 2.11. The molecule has 0 N–H and O–H groups in total. The predicted molar refractivity (Wildman–Crippen MR) is 61.6 cm³/mol. The van der Waals surface area contributed by atoms with Crippen LogP contribution in [0.25, 0.3) is 21.8 Å². The Morgan fingerprint density at radius 1 is 1.06 bits per heavy atom. The van der Waals surface area contributed by atoms with E-state index in [0.717, 1.165) is 19.9 Å². The van der Waals surface area contributed by atoms with Crippen LogP contribution in [0.5, 0.6) is 0 Å². The van der Waals surface area contributed by atoms with E-state index in [2.05, 4.69) is 0 Å². The molecule has 3 rings (SSSR count). The zero-order valence-corrected chi connectivity index (χ0v) is 8.33. The summed E-state index contributed by atoms with van der Waals surface area (Å²) in [5.74, 6) is 0. The second-order valence-corrected chi connectivity index (χ2v) is 3.61. The summed E-state index contributed by atoms with van der Waals surface area (Å²) in [7, 11) is 0. The molecule has 0 fully saturated rings. The molecule has 0 atom stereocenters. The molecule has 0 aliphatic rings. The number of pyridine rings is 2. The standard InChI is InChI=1S/C12H8N2O2/c15-13-7-1-3-9-5-6-10-4-2-8-14(16)12(10)11(9)13/h1-8H. The SMILES string of the molecule is O=[n+]1cccc2ccc3cccn([O-])c3c21. The molecule has 2 aromatic heterocycles. The molecule has 0 radical (unpaired) electrons. The van der Waals surface area contributed by atoms with E-state index >= 15 is 0 Å². The zero-order valence-electron chi connectivity index (χ0n) is 8.33. The van der Waals surface area contributed by atoms with Crippen LogP contribution in [-0.2, 0) is 0 Å². The van der Waals surface area contributed by atoms with Crippen molar-refractivity contribution in [3.63, 3.8) is 0 Å². The normalized spacial score (nSPS) is 11.0. The van der Waals surface area contributed by atoms with Crippen molar-refractivity contribution < 1.29 is 4.43 Å². The summed E-state index contributed by atoms with van der Waals surface area (Å²) in [6, 6.07) is 10.6. The molecule has 3 aromatic rings. The smallest absolute Gasteiger partial charge is 0.293 e. The van der Waals surface area contributed by atoms with E-state index in [1.54, 1.807) is 12.1 Å². The van der Waals surface area contributed by atoms with Gasteiger partial charge in [0.25, 0.3) is 5.52 Å². The molecule has 4 nitrogen and oxygen atoms in total. The summed E-state index contributed by atoms with van der Waals surface area (Å²) in [5.41, 5.74) is 0.825. The van der Waals surface area contributed by atoms with Crippen LogP contribution in [-0.4, -0.2) is 4.73 Å². The van der Waals surface area contributed by atoms with Crippen molar-refractivity contribution in [2.24, 2.45) is 0 Å². The summed E-state index contributed by atoms with van der Waals surface area (Å²) in [5, 5.41) is 13.2.